The number of para-hydroxylation sites is 1. The molecule has 3 rings (SSSR count). The third-order valence-electron chi connectivity index (χ3n) is 5.43. The van der Waals surface area contributed by atoms with Crippen LogP contribution in [0.4, 0.5) is 0 Å². The molecule has 0 aliphatic carbocycles. The normalized spacial score (nSPS) is 18.0. The first-order chi connectivity index (χ1) is 14.8. The predicted octanol–water partition coefficient (Wildman–Crippen LogP) is 3.00. The summed E-state index contributed by atoms with van der Waals surface area (Å²) >= 11 is 0. The van der Waals surface area contributed by atoms with Crippen LogP contribution in [0, 0.1) is 6.92 Å². The maximum absolute atomic E-state index is 13.1. The molecule has 2 aromatic rings. The topological polar surface area (TPSA) is 79.3 Å². The Bertz CT molecular complexity index is 1030. The second-order valence-electron chi connectivity index (χ2n) is 7.72. The Labute approximate surface area is 182 Å². The number of aliphatic hydroxyl groups is 1. The van der Waals surface area contributed by atoms with E-state index in [0.29, 0.717) is 35.7 Å². The molecular formula is C24H28N2O5. The summed E-state index contributed by atoms with van der Waals surface area (Å²) in [5, 5.41) is 11.2. The number of nitrogens with zero attached hydrogens (tertiary/aromatic N) is 2. The highest BCUT2D eigenvalue weighted by molar-refractivity contribution is 6.46. The lowest BCUT2D eigenvalue weighted by molar-refractivity contribution is -0.140. The highest BCUT2D eigenvalue weighted by atomic mass is 16.5. The molecule has 164 valence electrons. The number of methoxy groups -OCH3 is 2. The number of hydrogen-bond acceptors (Lipinski definition) is 6. The molecule has 1 fully saturated rings. The number of carbonyl (C=O) groups is 2. The fourth-order valence-electron chi connectivity index (χ4n) is 3.82. The maximum atomic E-state index is 13.1. The molecular weight excluding hydrogens is 396 g/mol. The molecule has 1 saturated heterocycles. The number of likely N-dealkylation sites (tertiary alicyclic amines) is 1. The third kappa shape index (κ3) is 4.27. The molecule has 7 nitrogen and oxygen atoms in total. The predicted molar refractivity (Wildman–Crippen MR) is 118 cm³/mol. The minimum Gasteiger partial charge on any atom is -0.507 e. The number of ether oxygens (including phenoxy) is 2. The number of aryl methyl sites for hydroxylation is 1. The van der Waals surface area contributed by atoms with Gasteiger partial charge in [-0.3, -0.25) is 9.59 Å². The van der Waals surface area contributed by atoms with Crippen LogP contribution >= 0.6 is 0 Å². The first kappa shape index (κ1) is 22.4. The summed E-state index contributed by atoms with van der Waals surface area (Å²) in [4.78, 5) is 29.5. The number of carbonyl (C=O) groups excluding carboxylic acids is 2. The van der Waals surface area contributed by atoms with Gasteiger partial charge in [0.15, 0.2) is 0 Å². The number of Topliss-reactive ketones (excluding diaryl/α,β-unsaturated/α-hetero) is 1. The summed E-state index contributed by atoms with van der Waals surface area (Å²) in [5.41, 5.74) is 1.96. The van der Waals surface area contributed by atoms with Gasteiger partial charge in [0.05, 0.1) is 25.8 Å². The fraction of sp³-hybridized carbons (Fsp3) is 0.333. The molecule has 1 N–H and O–H groups in total. The fourth-order valence-corrected chi connectivity index (χ4v) is 3.82. The van der Waals surface area contributed by atoms with Gasteiger partial charge in [0.1, 0.15) is 17.3 Å². The average molecular weight is 424 g/mol. The van der Waals surface area contributed by atoms with Crippen molar-refractivity contribution in [1.29, 1.82) is 0 Å². The Morgan fingerprint density at radius 3 is 2.35 bits per heavy atom. The van der Waals surface area contributed by atoms with Crippen molar-refractivity contribution < 1.29 is 24.2 Å². The van der Waals surface area contributed by atoms with Gasteiger partial charge in [-0.15, -0.1) is 0 Å². The van der Waals surface area contributed by atoms with Gasteiger partial charge >= 0.3 is 0 Å². The van der Waals surface area contributed by atoms with E-state index in [2.05, 4.69) is 0 Å². The van der Waals surface area contributed by atoms with Gasteiger partial charge < -0.3 is 24.4 Å². The zero-order valence-corrected chi connectivity index (χ0v) is 18.5. The minimum absolute atomic E-state index is 0.0535. The van der Waals surface area contributed by atoms with E-state index in [1.807, 2.05) is 44.1 Å². The van der Waals surface area contributed by atoms with Crippen LogP contribution in [0.3, 0.4) is 0 Å². The van der Waals surface area contributed by atoms with Crippen LogP contribution in [0.1, 0.15) is 22.7 Å². The lowest BCUT2D eigenvalue weighted by Crippen LogP contribution is -2.35. The van der Waals surface area contributed by atoms with E-state index in [0.717, 1.165) is 5.56 Å². The van der Waals surface area contributed by atoms with Crippen LogP contribution in [0.5, 0.6) is 11.5 Å². The van der Waals surface area contributed by atoms with Gasteiger partial charge in [-0.1, -0.05) is 18.2 Å². The molecule has 1 amide bonds. The smallest absolute Gasteiger partial charge is 0.295 e. The highest BCUT2D eigenvalue weighted by Gasteiger charge is 2.46. The first-order valence-corrected chi connectivity index (χ1v) is 10.0. The van der Waals surface area contributed by atoms with Gasteiger partial charge in [0, 0.05) is 24.2 Å². The molecule has 7 heteroatoms. The lowest BCUT2D eigenvalue weighted by Gasteiger charge is -2.27. The number of ketones is 1. The Morgan fingerprint density at radius 2 is 1.74 bits per heavy atom. The zero-order chi connectivity index (χ0) is 22.7. The number of amides is 1. The van der Waals surface area contributed by atoms with Crippen LogP contribution < -0.4 is 9.47 Å². The average Bonchev–Trinajstić information content (AvgIpc) is 3.01. The van der Waals surface area contributed by atoms with Crippen molar-refractivity contribution in [3.63, 3.8) is 0 Å². The zero-order valence-electron chi connectivity index (χ0n) is 18.5. The summed E-state index contributed by atoms with van der Waals surface area (Å²) in [6.45, 7) is 2.75. The molecule has 0 saturated carbocycles. The summed E-state index contributed by atoms with van der Waals surface area (Å²) in [6, 6.07) is 11.6. The quantitative estimate of drug-likeness (QED) is 0.418. The minimum atomic E-state index is -0.751. The standard InChI is InChI=1S/C24H28N2O5/c1-15-14-16(10-11-18(15)30-4)22(27)20-21(17-8-6-7-9-19(17)31-5)26(13-12-25(2)3)24(29)23(20)28/h6-11,14,21,27H,12-13H2,1-5H3/t21-/m0/s1. The Kier molecular flexibility index (Phi) is 6.65. The SMILES string of the molecule is COc1ccc(C(O)=C2C(=O)C(=O)N(CCN(C)C)[C@H]2c2ccccc2OC)cc1C. The molecule has 1 heterocycles. The number of likely N-dealkylation sites (N-methyl/N-ethyl adjacent to an activating group) is 1. The van der Waals surface area contributed by atoms with Crippen molar-refractivity contribution in [1.82, 2.24) is 9.80 Å². The molecule has 31 heavy (non-hydrogen) atoms. The molecule has 0 bridgehead atoms. The van der Waals surface area contributed by atoms with Crippen molar-refractivity contribution in [2.45, 2.75) is 13.0 Å². The second-order valence-corrected chi connectivity index (χ2v) is 7.72. The van der Waals surface area contributed by atoms with Gasteiger partial charge in [-0.2, -0.15) is 0 Å². The Hall–Kier alpha value is -3.32. The number of rotatable bonds is 7. The molecule has 0 aromatic heterocycles. The van der Waals surface area contributed by atoms with Crippen LogP contribution in [0.25, 0.3) is 5.76 Å². The summed E-state index contributed by atoms with van der Waals surface area (Å²) in [6.07, 6.45) is 0. The summed E-state index contributed by atoms with van der Waals surface area (Å²) in [7, 11) is 6.90. The van der Waals surface area contributed by atoms with Gasteiger partial charge in [-0.05, 0) is 50.8 Å². The maximum Gasteiger partial charge on any atom is 0.295 e. The van der Waals surface area contributed by atoms with Crippen molar-refractivity contribution in [2.24, 2.45) is 0 Å². The van der Waals surface area contributed by atoms with E-state index < -0.39 is 17.7 Å². The number of hydrogen-bond donors (Lipinski definition) is 1. The molecule has 1 aliphatic rings. The molecule has 1 atom stereocenters. The van der Waals surface area contributed by atoms with E-state index >= 15 is 0 Å². The van der Waals surface area contributed by atoms with Gasteiger partial charge in [0.25, 0.3) is 11.7 Å². The van der Waals surface area contributed by atoms with Crippen LogP contribution in [0.15, 0.2) is 48.0 Å². The van der Waals surface area contributed by atoms with E-state index in [1.165, 1.54) is 12.0 Å². The molecule has 1 aliphatic heterocycles. The summed E-state index contributed by atoms with van der Waals surface area (Å²) < 4.78 is 10.8. The van der Waals surface area contributed by atoms with Crippen LogP contribution in [-0.4, -0.2) is 68.0 Å². The molecule has 0 radical (unpaired) electrons. The van der Waals surface area contributed by atoms with Crippen LogP contribution in [-0.2, 0) is 9.59 Å². The molecule has 2 aromatic carbocycles. The molecule has 0 unspecified atom stereocenters. The second kappa shape index (κ2) is 9.22. The largest absolute Gasteiger partial charge is 0.507 e. The molecule has 0 spiro atoms. The summed E-state index contributed by atoms with van der Waals surface area (Å²) in [5.74, 6) is -0.345. The van der Waals surface area contributed by atoms with Crippen LogP contribution in [0.2, 0.25) is 0 Å². The van der Waals surface area contributed by atoms with Crippen molar-refractivity contribution >= 4 is 17.4 Å². The highest BCUT2D eigenvalue weighted by Crippen LogP contribution is 2.42. The number of benzene rings is 2. The first-order valence-electron chi connectivity index (χ1n) is 10.0. The van der Waals surface area contributed by atoms with E-state index in [-0.39, 0.29) is 11.3 Å². The van der Waals surface area contributed by atoms with E-state index in [4.69, 9.17) is 9.47 Å². The van der Waals surface area contributed by atoms with E-state index in [1.54, 1.807) is 31.4 Å². The number of aliphatic hydroxyl groups excluding tert-OH is 1. The van der Waals surface area contributed by atoms with Crippen molar-refractivity contribution in [3.05, 3.63) is 64.7 Å². The van der Waals surface area contributed by atoms with E-state index in [9.17, 15) is 14.7 Å². The van der Waals surface area contributed by atoms with Gasteiger partial charge in [-0.25, -0.2) is 0 Å². The van der Waals surface area contributed by atoms with Crippen molar-refractivity contribution in [2.75, 3.05) is 41.4 Å². The Balaban J connectivity index is 2.20. The van der Waals surface area contributed by atoms with Gasteiger partial charge in [0.2, 0.25) is 0 Å². The lowest BCUT2D eigenvalue weighted by atomic mass is 9.94. The van der Waals surface area contributed by atoms with Crippen molar-refractivity contribution in [3.8, 4) is 11.5 Å². The Morgan fingerprint density at radius 1 is 1.06 bits per heavy atom. The third-order valence-corrected chi connectivity index (χ3v) is 5.43. The monoisotopic (exact) mass is 424 g/mol.